The van der Waals surface area contributed by atoms with E-state index in [0.29, 0.717) is 33.0 Å². The molecular weight excluding hydrogens is 541 g/mol. The smallest absolute Gasteiger partial charge is 0.230 e. The highest BCUT2D eigenvalue weighted by atomic mass is 32.1. The SMILES string of the molecule is CCCCN(C)c1ccc(/N=N/c2ncc(-c3cnc(/N=N/c4ccc(N(C)CCCC)cc4N)s3)s2)c(N)c1. The van der Waals surface area contributed by atoms with Crippen LogP contribution in [-0.4, -0.2) is 37.2 Å². The van der Waals surface area contributed by atoms with Gasteiger partial charge in [0.05, 0.1) is 21.1 Å². The third-order valence-corrected chi connectivity index (χ3v) is 8.27. The summed E-state index contributed by atoms with van der Waals surface area (Å²) in [5.74, 6) is 0. The van der Waals surface area contributed by atoms with Crippen molar-refractivity contribution in [3.8, 4) is 9.75 Å². The number of anilines is 4. The summed E-state index contributed by atoms with van der Waals surface area (Å²) in [6, 6.07) is 11.6. The van der Waals surface area contributed by atoms with E-state index in [-0.39, 0.29) is 0 Å². The number of hydrogen-bond donors (Lipinski definition) is 2. The predicted molar refractivity (Wildman–Crippen MR) is 170 cm³/mol. The van der Waals surface area contributed by atoms with Crippen LogP contribution in [0, 0.1) is 0 Å². The zero-order valence-electron chi connectivity index (χ0n) is 23.4. The van der Waals surface area contributed by atoms with Crippen LogP contribution in [0.2, 0.25) is 0 Å². The van der Waals surface area contributed by atoms with Crippen molar-refractivity contribution in [2.75, 3.05) is 48.5 Å². The molecule has 0 atom stereocenters. The summed E-state index contributed by atoms with van der Waals surface area (Å²) >= 11 is 2.84. The summed E-state index contributed by atoms with van der Waals surface area (Å²) in [4.78, 5) is 15.0. The molecule has 0 aliphatic rings. The van der Waals surface area contributed by atoms with Crippen molar-refractivity contribution in [1.29, 1.82) is 0 Å². The van der Waals surface area contributed by atoms with Gasteiger partial charge in [0.2, 0.25) is 10.3 Å². The van der Waals surface area contributed by atoms with Crippen molar-refractivity contribution >= 4 is 67.1 Å². The molecule has 0 unspecified atom stereocenters. The van der Waals surface area contributed by atoms with Gasteiger partial charge in [0.25, 0.3) is 0 Å². The summed E-state index contributed by atoms with van der Waals surface area (Å²) in [7, 11) is 4.13. The molecule has 4 aromatic rings. The number of nitrogens with two attached hydrogens (primary N) is 2. The van der Waals surface area contributed by atoms with Crippen LogP contribution in [-0.2, 0) is 0 Å². The molecule has 4 rings (SSSR count). The first-order valence-corrected chi connectivity index (χ1v) is 15.0. The van der Waals surface area contributed by atoms with E-state index in [0.717, 1.165) is 59.9 Å². The molecule has 0 amide bonds. The quantitative estimate of drug-likeness (QED) is 0.121. The third-order valence-electron chi connectivity index (χ3n) is 6.31. The maximum Gasteiger partial charge on any atom is 0.230 e. The molecule has 0 saturated heterocycles. The Hall–Kier alpha value is -3.90. The van der Waals surface area contributed by atoms with Crippen LogP contribution >= 0.6 is 22.7 Å². The largest absolute Gasteiger partial charge is 0.397 e. The van der Waals surface area contributed by atoms with Crippen LogP contribution in [0.5, 0.6) is 0 Å². The highest BCUT2D eigenvalue weighted by molar-refractivity contribution is 7.25. The van der Waals surface area contributed by atoms with E-state index >= 15 is 0 Å². The number of nitrogens with zero attached hydrogens (tertiary/aromatic N) is 8. The number of rotatable bonds is 13. The van der Waals surface area contributed by atoms with E-state index in [4.69, 9.17) is 11.5 Å². The first kappa shape index (κ1) is 29.1. The Morgan fingerprint density at radius 1 is 0.675 bits per heavy atom. The fourth-order valence-corrected chi connectivity index (χ4v) is 5.37. The monoisotopic (exact) mass is 576 g/mol. The van der Waals surface area contributed by atoms with Gasteiger partial charge in [0.1, 0.15) is 11.4 Å². The van der Waals surface area contributed by atoms with E-state index in [1.807, 2.05) is 36.4 Å². The molecule has 0 aliphatic carbocycles. The number of benzene rings is 2. The Morgan fingerprint density at radius 3 is 1.48 bits per heavy atom. The van der Waals surface area contributed by atoms with Gasteiger partial charge in [-0.2, -0.15) is 0 Å². The van der Waals surface area contributed by atoms with Gasteiger partial charge in [-0.15, -0.1) is 20.5 Å². The summed E-state index contributed by atoms with van der Waals surface area (Å²) in [6.07, 6.45) is 8.08. The van der Waals surface area contributed by atoms with Gasteiger partial charge in [-0.1, -0.05) is 49.4 Å². The maximum absolute atomic E-state index is 6.24. The lowest BCUT2D eigenvalue weighted by Gasteiger charge is -2.19. The molecule has 4 N–H and O–H groups in total. The fraction of sp³-hybridized carbons (Fsp3) is 0.357. The molecule has 40 heavy (non-hydrogen) atoms. The highest BCUT2D eigenvalue weighted by Gasteiger charge is 2.10. The van der Waals surface area contributed by atoms with Crippen molar-refractivity contribution in [3.63, 3.8) is 0 Å². The number of unbranched alkanes of at least 4 members (excludes halogenated alkanes) is 2. The van der Waals surface area contributed by atoms with Gasteiger partial charge in [0.15, 0.2) is 0 Å². The van der Waals surface area contributed by atoms with Crippen LogP contribution < -0.4 is 21.3 Å². The van der Waals surface area contributed by atoms with Gasteiger partial charge in [-0.3, -0.25) is 0 Å². The lowest BCUT2D eigenvalue weighted by molar-refractivity contribution is 0.767. The maximum atomic E-state index is 6.24. The minimum atomic E-state index is 0.534. The van der Waals surface area contributed by atoms with Gasteiger partial charge in [-0.25, -0.2) is 9.97 Å². The Morgan fingerprint density at radius 2 is 1.10 bits per heavy atom. The molecule has 0 bridgehead atoms. The summed E-state index contributed by atoms with van der Waals surface area (Å²) in [5, 5.41) is 18.3. The Balaban J connectivity index is 1.39. The lowest BCUT2D eigenvalue weighted by atomic mass is 10.2. The van der Waals surface area contributed by atoms with Crippen LogP contribution in [0.3, 0.4) is 0 Å². The molecule has 12 heteroatoms. The molecule has 10 nitrogen and oxygen atoms in total. The second-order valence-electron chi connectivity index (χ2n) is 9.45. The molecule has 0 spiro atoms. The Labute approximate surface area is 243 Å². The number of hydrogen-bond acceptors (Lipinski definition) is 12. The molecule has 210 valence electrons. The second-order valence-corrected chi connectivity index (χ2v) is 11.5. The van der Waals surface area contributed by atoms with E-state index in [9.17, 15) is 0 Å². The van der Waals surface area contributed by atoms with Crippen LogP contribution in [0.1, 0.15) is 39.5 Å². The average Bonchev–Trinajstić information content (AvgIpc) is 3.63. The van der Waals surface area contributed by atoms with E-state index in [1.54, 1.807) is 12.4 Å². The zero-order chi connectivity index (χ0) is 28.5. The Bertz CT molecular complexity index is 1350. The third kappa shape index (κ3) is 7.60. The second kappa shape index (κ2) is 13.9. The molecule has 2 aromatic heterocycles. The summed E-state index contributed by atoms with van der Waals surface area (Å²) in [5.41, 5.74) is 17.0. The minimum Gasteiger partial charge on any atom is -0.397 e. The van der Waals surface area contributed by atoms with Crippen LogP contribution in [0.4, 0.5) is 44.4 Å². The zero-order valence-corrected chi connectivity index (χ0v) is 25.0. The van der Waals surface area contributed by atoms with Crippen molar-refractivity contribution in [3.05, 3.63) is 48.8 Å². The summed E-state index contributed by atoms with van der Waals surface area (Å²) < 4.78 is 0. The molecule has 0 radical (unpaired) electrons. The van der Waals surface area contributed by atoms with Crippen molar-refractivity contribution in [2.45, 2.75) is 39.5 Å². The van der Waals surface area contributed by atoms with Crippen LogP contribution in [0.25, 0.3) is 9.75 Å². The molecule has 0 fully saturated rings. The van der Waals surface area contributed by atoms with Gasteiger partial charge in [-0.05, 0) is 49.2 Å². The van der Waals surface area contributed by atoms with Gasteiger partial charge in [0, 0.05) is 51.0 Å². The van der Waals surface area contributed by atoms with Crippen molar-refractivity contribution in [1.82, 2.24) is 9.97 Å². The molecular formula is C28H36N10S2. The Kier molecular flexibility index (Phi) is 10.1. The van der Waals surface area contributed by atoms with E-state index in [1.165, 1.54) is 22.7 Å². The molecule has 2 heterocycles. The van der Waals surface area contributed by atoms with Gasteiger partial charge >= 0.3 is 0 Å². The molecule has 2 aromatic carbocycles. The van der Waals surface area contributed by atoms with Crippen molar-refractivity contribution in [2.24, 2.45) is 20.5 Å². The number of nitrogen functional groups attached to an aromatic ring is 2. The van der Waals surface area contributed by atoms with E-state index in [2.05, 4.69) is 68.2 Å². The first-order chi connectivity index (χ1) is 19.4. The standard InChI is InChI=1S/C28H36N10S2/c1-5-7-13-37(3)19-9-11-23(21(29)15-19)33-35-27-31-17-25(39-27)26-18-32-28(40-26)36-34-24-12-10-20(16-22(24)30)38(4)14-8-6-2/h9-12,15-18H,5-8,13-14,29-30H2,1-4H3/b35-33+,36-34+. The number of aromatic nitrogens is 2. The van der Waals surface area contributed by atoms with E-state index < -0.39 is 0 Å². The topological polar surface area (TPSA) is 134 Å². The minimum absolute atomic E-state index is 0.534. The predicted octanol–water partition coefficient (Wildman–Crippen LogP) is 8.73. The summed E-state index contributed by atoms with van der Waals surface area (Å²) in [6.45, 7) is 6.33. The van der Waals surface area contributed by atoms with Crippen LogP contribution in [0.15, 0.2) is 69.2 Å². The molecule has 0 aliphatic heterocycles. The lowest BCUT2D eigenvalue weighted by Crippen LogP contribution is -2.18. The fourth-order valence-electron chi connectivity index (χ4n) is 3.83. The average molecular weight is 577 g/mol. The number of thiazole rings is 2. The number of azo groups is 2. The van der Waals surface area contributed by atoms with Gasteiger partial charge < -0.3 is 21.3 Å². The van der Waals surface area contributed by atoms with Crippen molar-refractivity contribution < 1.29 is 0 Å². The highest BCUT2D eigenvalue weighted by Crippen LogP contribution is 2.38. The molecule has 0 saturated carbocycles. The first-order valence-electron chi connectivity index (χ1n) is 13.3. The normalized spacial score (nSPS) is 11.6.